The zero-order chi connectivity index (χ0) is 20.1. The van der Waals surface area contributed by atoms with Gasteiger partial charge in [0, 0.05) is 13.8 Å². The fraction of sp³-hybridized carbons (Fsp3) is 0.846. The van der Waals surface area contributed by atoms with Crippen LogP contribution in [0.25, 0.3) is 0 Å². The van der Waals surface area contributed by atoms with E-state index in [0.29, 0.717) is 0 Å². The molecule has 0 aromatic rings. The topological polar surface area (TPSA) is 189 Å². The number of hydrogen-bond donors (Lipinski definition) is 3. The lowest BCUT2D eigenvalue weighted by Gasteiger charge is -2.40. The Balaban J connectivity index is 2.74. The fourth-order valence-corrected chi connectivity index (χ4v) is 2.83. The second-order valence-electron chi connectivity index (χ2n) is 5.61. The number of ether oxygens (including phenoxy) is 4. The summed E-state index contributed by atoms with van der Waals surface area (Å²) in [6, 6.07) is 0. The molecule has 0 aromatic carbocycles. The van der Waals surface area contributed by atoms with Crippen LogP contribution >= 0.6 is 0 Å². The molecule has 1 saturated heterocycles. The third kappa shape index (κ3) is 7.49. The number of carbonyl (C=O) groups excluding carboxylic acids is 2. The molecule has 0 radical (unpaired) electrons. The fourth-order valence-electron chi connectivity index (χ4n) is 2.16. The normalized spacial score (nSPS) is 30.5. The van der Waals surface area contributed by atoms with Gasteiger partial charge in [0.15, 0.2) is 12.4 Å². The van der Waals surface area contributed by atoms with Crippen molar-refractivity contribution in [3.63, 3.8) is 0 Å². The highest BCUT2D eigenvalue weighted by molar-refractivity contribution is 7.85. The number of aliphatic hydroxyl groups excluding tert-OH is 3. The molecule has 0 aliphatic carbocycles. The lowest BCUT2D eigenvalue weighted by molar-refractivity contribution is -0.297. The van der Waals surface area contributed by atoms with E-state index >= 15 is 0 Å². The quantitative estimate of drug-likeness (QED) is 0.274. The summed E-state index contributed by atoms with van der Waals surface area (Å²) in [5.41, 5.74) is 0. The maximum Gasteiger partial charge on any atom is 0.303 e. The molecule has 1 fully saturated rings. The average molecular weight is 401 g/mol. The molecule has 13 heteroatoms. The van der Waals surface area contributed by atoms with E-state index in [9.17, 15) is 37.9 Å². The minimum Gasteiger partial charge on any atom is -0.748 e. The van der Waals surface area contributed by atoms with Crippen molar-refractivity contribution in [1.82, 2.24) is 0 Å². The van der Waals surface area contributed by atoms with Crippen molar-refractivity contribution >= 4 is 22.1 Å². The molecule has 0 aromatic heterocycles. The minimum atomic E-state index is -4.80. The first-order valence-corrected chi connectivity index (χ1v) is 9.04. The molecule has 26 heavy (non-hydrogen) atoms. The van der Waals surface area contributed by atoms with Gasteiger partial charge in [0.25, 0.3) is 0 Å². The highest BCUT2D eigenvalue weighted by Crippen LogP contribution is 2.23. The molecule has 0 bridgehead atoms. The first kappa shape index (κ1) is 22.7. The maximum absolute atomic E-state index is 11.0. The van der Waals surface area contributed by atoms with Crippen LogP contribution in [0, 0.1) is 0 Å². The van der Waals surface area contributed by atoms with E-state index in [2.05, 4.69) is 4.74 Å². The van der Waals surface area contributed by atoms with Crippen LogP contribution in [0.5, 0.6) is 0 Å². The number of carbonyl (C=O) groups is 2. The Hall–Kier alpha value is -1.35. The predicted octanol–water partition coefficient (Wildman–Crippen LogP) is -3.15. The van der Waals surface area contributed by atoms with Crippen LogP contribution in [0.3, 0.4) is 0 Å². The molecule has 0 amide bonds. The molecule has 6 atom stereocenters. The van der Waals surface area contributed by atoms with Crippen LogP contribution in [0.1, 0.15) is 13.8 Å². The van der Waals surface area contributed by atoms with Crippen molar-refractivity contribution in [3.8, 4) is 0 Å². The average Bonchev–Trinajstić information content (AvgIpc) is 2.49. The van der Waals surface area contributed by atoms with Crippen LogP contribution in [0.15, 0.2) is 0 Å². The summed E-state index contributed by atoms with van der Waals surface area (Å²) >= 11 is 0. The second-order valence-corrected chi connectivity index (χ2v) is 7.06. The summed E-state index contributed by atoms with van der Waals surface area (Å²) in [4.78, 5) is 21.9. The van der Waals surface area contributed by atoms with Gasteiger partial charge in [-0.15, -0.1) is 0 Å². The van der Waals surface area contributed by atoms with Gasteiger partial charge in [0.1, 0.15) is 31.0 Å². The molecule has 0 spiro atoms. The van der Waals surface area contributed by atoms with E-state index in [0.717, 1.165) is 13.8 Å². The van der Waals surface area contributed by atoms with Gasteiger partial charge in [-0.3, -0.25) is 9.59 Å². The molecule has 3 N–H and O–H groups in total. The maximum atomic E-state index is 11.0. The van der Waals surface area contributed by atoms with E-state index in [-0.39, 0.29) is 6.61 Å². The van der Waals surface area contributed by atoms with Gasteiger partial charge in [-0.2, -0.15) is 0 Å². The first-order chi connectivity index (χ1) is 11.9. The van der Waals surface area contributed by atoms with Gasteiger partial charge in [-0.05, 0) is 0 Å². The van der Waals surface area contributed by atoms with Crippen LogP contribution in [0.2, 0.25) is 0 Å². The monoisotopic (exact) mass is 401 g/mol. The number of rotatable bonds is 8. The number of esters is 2. The Morgan fingerprint density at radius 3 is 2.19 bits per heavy atom. The summed E-state index contributed by atoms with van der Waals surface area (Å²) < 4.78 is 52.2. The van der Waals surface area contributed by atoms with Crippen LogP contribution < -0.4 is 0 Å². The summed E-state index contributed by atoms with van der Waals surface area (Å²) in [6.07, 6.45) is -9.79. The molecular formula is C13H21O12S-. The standard InChI is InChI=1S/C13H22O12S/c1-6(14)22-3-8(24-7(2)15)4-23-13-12(18)11(17)10(16)9(25-13)5-26(19,20)21/h8-13,16-18H,3-5H2,1-2H3,(H,19,20,21)/p-1/t8?,9-,10-,11+,12-,13+/m1/s1. The van der Waals surface area contributed by atoms with Crippen molar-refractivity contribution in [2.75, 3.05) is 19.0 Å². The Morgan fingerprint density at radius 1 is 1.08 bits per heavy atom. The number of hydrogen-bond acceptors (Lipinski definition) is 12. The summed E-state index contributed by atoms with van der Waals surface area (Å²) in [7, 11) is -4.80. The van der Waals surface area contributed by atoms with E-state index < -0.39 is 71.2 Å². The molecule has 1 heterocycles. The van der Waals surface area contributed by atoms with Crippen molar-refractivity contribution in [1.29, 1.82) is 0 Å². The highest BCUT2D eigenvalue weighted by atomic mass is 32.2. The summed E-state index contributed by atoms with van der Waals surface area (Å²) in [5.74, 6) is -2.50. The van der Waals surface area contributed by atoms with Crippen molar-refractivity contribution in [2.24, 2.45) is 0 Å². The van der Waals surface area contributed by atoms with Gasteiger partial charge in [-0.25, -0.2) is 8.42 Å². The Kier molecular flexibility index (Phi) is 8.33. The third-order valence-corrected chi connectivity index (χ3v) is 4.03. The molecular weight excluding hydrogens is 380 g/mol. The minimum absolute atomic E-state index is 0.360. The van der Waals surface area contributed by atoms with Gasteiger partial charge in [0.2, 0.25) is 0 Å². The number of aliphatic hydroxyl groups is 3. The Bertz CT molecular complexity index is 590. The van der Waals surface area contributed by atoms with Gasteiger partial charge >= 0.3 is 11.9 Å². The van der Waals surface area contributed by atoms with Crippen molar-refractivity contribution in [3.05, 3.63) is 0 Å². The Labute approximate surface area is 149 Å². The van der Waals surface area contributed by atoms with E-state index in [1.807, 2.05) is 0 Å². The van der Waals surface area contributed by atoms with E-state index in [1.165, 1.54) is 0 Å². The summed E-state index contributed by atoms with van der Waals surface area (Å²) in [5, 5.41) is 29.3. The largest absolute Gasteiger partial charge is 0.748 e. The third-order valence-electron chi connectivity index (χ3n) is 3.29. The predicted molar refractivity (Wildman–Crippen MR) is 79.4 cm³/mol. The summed E-state index contributed by atoms with van der Waals surface area (Å²) in [6.45, 7) is 1.42. The van der Waals surface area contributed by atoms with Crippen LogP contribution in [0.4, 0.5) is 0 Å². The SMILES string of the molecule is CC(=O)OCC(CO[C@H]1O[C@H](CS(=O)(=O)[O-])[C@@H](O)[C@H](O)[C@H]1O)OC(C)=O. The van der Waals surface area contributed by atoms with Gasteiger partial charge in [-0.1, -0.05) is 0 Å². The molecule has 1 aliphatic heterocycles. The van der Waals surface area contributed by atoms with Crippen LogP contribution in [-0.4, -0.2) is 96.0 Å². The van der Waals surface area contributed by atoms with E-state index in [4.69, 9.17) is 14.2 Å². The van der Waals surface area contributed by atoms with Gasteiger partial charge in [0.05, 0.1) is 22.5 Å². The van der Waals surface area contributed by atoms with Crippen molar-refractivity contribution in [2.45, 2.75) is 50.7 Å². The van der Waals surface area contributed by atoms with Gasteiger partial charge < -0.3 is 38.8 Å². The smallest absolute Gasteiger partial charge is 0.303 e. The Morgan fingerprint density at radius 2 is 1.69 bits per heavy atom. The van der Waals surface area contributed by atoms with Crippen LogP contribution in [-0.2, 0) is 38.7 Å². The molecule has 1 aliphatic rings. The highest BCUT2D eigenvalue weighted by Gasteiger charge is 2.45. The van der Waals surface area contributed by atoms with Crippen molar-refractivity contribution < 1.29 is 56.8 Å². The second kappa shape index (κ2) is 9.55. The molecule has 12 nitrogen and oxygen atoms in total. The zero-order valence-electron chi connectivity index (χ0n) is 14.0. The lowest BCUT2D eigenvalue weighted by atomic mass is 10.00. The molecule has 152 valence electrons. The van der Waals surface area contributed by atoms with E-state index in [1.54, 1.807) is 0 Å². The lowest BCUT2D eigenvalue weighted by Crippen LogP contribution is -2.60. The first-order valence-electron chi connectivity index (χ1n) is 7.46. The molecule has 1 unspecified atom stereocenters. The molecule has 1 rings (SSSR count). The zero-order valence-corrected chi connectivity index (χ0v) is 14.8. The molecule has 0 saturated carbocycles.